The first-order valence-electron chi connectivity index (χ1n) is 6.39. The Morgan fingerprint density at radius 1 is 1.33 bits per heavy atom. The average molecular weight is 330 g/mol. The molecule has 0 atom stereocenters. The van der Waals surface area contributed by atoms with E-state index in [0.717, 1.165) is 27.6 Å². The van der Waals surface area contributed by atoms with E-state index in [-0.39, 0.29) is 18.3 Å². The van der Waals surface area contributed by atoms with Gasteiger partial charge < -0.3 is 9.64 Å². The summed E-state index contributed by atoms with van der Waals surface area (Å²) in [5, 5.41) is 0.721. The van der Waals surface area contributed by atoms with Crippen LogP contribution in [0.15, 0.2) is 18.2 Å². The van der Waals surface area contributed by atoms with Crippen LogP contribution in [0.5, 0.6) is 5.75 Å². The molecule has 5 nitrogen and oxygen atoms in total. The lowest BCUT2D eigenvalue weighted by Crippen LogP contribution is -2.35. The molecule has 2 rings (SSSR count). The Bertz CT molecular complexity index is 615. The monoisotopic (exact) mass is 329 g/mol. The molecule has 0 saturated carbocycles. The molecule has 1 amide bonds. The number of carbonyl (C=O) groups is 1. The minimum absolute atomic E-state index is 0. The van der Waals surface area contributed by atoms with Gasteiger partial charge in [-0.2, -0.15) is 0 Å². The predicted molar refractivity (Wildman–Crippen MR) is 90.0 cm³/mol. The Balaban J connectivity index is 0.00000220. The number of carbonyl (C=O) groups excluding carboxylic acids is 1. The number of aromatic nitrogens is 1. The summed E-state index contributed by atoms with van der Waals surface area (Å²) in [6, 6.07) is 5.80. The van der Waals surface area contributed by atoms with Crippen LogP contribution in [0.25, 0.3) is 10.2 Å². The van der Waals surface area contributed by atoms with Crippen LogP contribution in [0.3, 0.4) is 0 Å². The third-order valence-corrected chi connectivity index (χ3v) is 4.02. The second kappa shape index (κ2) is 7.59. The summed E-state index contributed by atoms with van der Waals surface area (Å²) in [6.07, 6.45) is 0. The molecule has 0 fully saturated rings. The number of amides is 1. The topological polar surface area (TPSA) is 45.7 Å². The number of hydrogen-bond donors (Lipinski definition) is 0. The lowest BCUT2D eigenvalue weighted by atomic mass is 10.3. The highest BCUT2D eigenvalue weighted by atomic mass is 35.5. The highest BCUT2D eigenvalue weighted by Crippen LogP contribution is 2.33. The summed E-state index contributed by atoms with van der Waals surface area (Å²) in [4.78, 5) is 20.2. The van der Waals surface area contributed by atoms with Crippen molar-refractivity contribution in [3.8, 4) is 5.75 Å². The van der Waals surface area contributed by atoms with Crippen LogP contribution in [0, 0.1) is 0 Å². The van der Waals surface area contributed by atoms with Crippen LogP contribution in [0.4, 0.5) is 5.13 Å². The number of likely N-dealkylation sites (N-methyl/N-ethyl adjacent to an activating group) is 1. The van der Waals surface area contributed by atoms with Crippen molar-refractivity contribution in [3.63, 3.8) is 0 Å². The van der Waals surface area contributed by atoms with Gasteiger partial charge in [-0.25, -0.2) is 4.98 Å². The fraction of sp³-hybridized carbons (Fsp3) is 0.429. The maximum Gasteiger partial charge on any atom is 0.225 e. The van der Waals surface area contributed by atoms with E-state index in [0.29, 0.717) is 6.54 Å². The van der Waals surface area contributed by atoms with Crippen LogP contribution < -0.4 is 9.64 Å². The minimum Gasteiger partial charge on any atom is -0.494 e. The number of thiazole rings is 1. The van der Waals surface area contributed by atoms with E-state index in [9.17, 15) is 4.79 Å². The highest BCUT2D eigenvalue weighted by Gasteiger charge is 2.17. The van der Waals surface area contributed by atoms with Crippen molar-refractivity contribution in [1.82, 2.24) is 9.88 Å². The predicted octanol–water partition coefficient (Wildman–Crippen LogP) is 2.64. The fourth-order valence-corrected chi connectivity index (χ4v) is 2.93. The van der Waals surface area contributed by atoms with Gasteiger partial charge in [-0.3, -0.25) is 9.69 Å². The van der Waals surface area contributed by atoms with E-state index in [1.54, 1.807) is 18.9 Å². The van der Waals surface area contributed by atoms with Crippen LogP contribution in [0.2, 0.25) is 0 Å². The molecular weight excluding hydrogens is 310 g/mol. The number of fused-ring (bicyclic) bond motifs is 1. The summed E-state index contributed by atoms with van der Waals surface area (Å²) >= 11 is 1.51. The Morgan fingerprint density at radius 3 is 2.62 bits per heavy atom. The quantitative estimate of drug-likeness (QED) is 0.846. The van der Waals surface area contributed by atoms with Crippen molar-refractivity contribution in [1.29, 1.82) is 0 Å². The molecule has 1 heterocycles. The molecule has 1 aromatic heterocycles. The van der Waals surface area contributed by atoms with Gasteiger partial charge in [0.2, 0.25) is 5.91 Å². The number of ether oxygens (including phenoxy) is 1. The lowest BCUT2D eigenvalue weighted by molar-refractivity contribution is -0.116. The van der Waals surface area contributed by atoms with E-state index in [1.807, 2.05) is 37.2 Å². The van der Waals surface area contributed by atoms with Gasteiger partial charge in [0.05, 0.1) is 11.8 Å². The molecule has 2 aromatic rings. The molecule has 0 bridgehead atoms. The van der Waals surface area contributed by atoms with E-state index >= 15 is 0 Å². The van der Waals surface area contributed by atoms with Gasteiger partial charge in [0.1, 0.15) is 11.3 Å². The van der Waals surface area contributed by atoms with Crippen molar-refractivity contribution in [2.75, 3.05) is 39.2 Å². The lowest BCUT2D eigenvalue weighted by Gasteiger charge is -2.20. The van der Waals surface area contributed by atoms with Crippen molar-refractivity contribution < 1.29 is 9.53 Å². The van der Waals surface area contributed by atoms with Gasteiger partial charge in [-0.1, -0.05) is 17.4 Å². The molecule has 7 heteroatoms. The van der Waals surface area contributed by atoms with Crippen LogP contribution in [-0.2, 0) is 4.79 Å². The van der Waals surface area contributed by atoms with Crippen LogP contribution in [0.1, 0.15) is 6.92 Å². The van der Waals surface area contributed by atoms with Crippen LogP contribution >= 0.6 is 23.7 Å². The molecule has 0 radical (unpaired) electrons. The van der Waals surface area contributed by atoms with E-state index in [4.69, 9.17) is 4.74 Å². The summed E-state index contributed by atoms with van der Waals surface area (Å²) in [5.74, 6) is 0.742. The zero-order chi connectivity index (χ0) is 14.7. The zero-order valence-corrected chi connectivity index (χ0v) is 14.3. The Labute approximate surface area is 134 Å². The Morgan fingerprint density at radius 2 is 2.05 bits per heavy atom. The first-order chi connectivity index (χ1) is 9.52. The van der Waals surface area contributed by atoms with E-state index in [1.165, 1.54) is 11.3 Å². The molecule has 1 aromatic carbocycles. The Hall–Kier alpha value is -1.37. The van der Waals surface area contributed by atoms with Gasteiger partial charge >= 0.3 is 0 Å². The number of para-hydroxylation sites is 1. The maximum absolute atomic E-state index is 11.8. The van der Waals surface area contributed by atoms with Gasteiger partial charge in [0.25, 0.3) is 0 Å². The zero-order valence-electron chi connectivity index (χ0n) is 12.6. The number of anilines is 1. The van der Waals surface area contributed by atoms with Crippen molar-refractivity contribution in [2.24, 2.45) is 0 Å². The number of methoxy groups -OCH3 is 1. The van der Waals surface area contributed by atoms with Gasteiger partial charge in [0.15, 0.2) is 5.13 Å². The third kappa shape index (κ3) is 4.06. The summed E-state index contributed by atoms with van der Waals surface area (Å²) in [5.41, 5.74) is 0.811. The number of nitrogens with zero attached hydrogens (tertiary/aromatic N) is 3. The molecule has 116 valence electrons. The second-order valence-corrected chi connectivity index (χ2v) is 5.79. The first-order valence-corrected chi connectivity index (χ1v) is 7.21. The standard InChI is InChI=1S/C14H19N3O2S.ClH/c1-10(18)17(9-8-16(2)3)14-15-13-11(19-4)6-5-7-12(13)20-14;/h5-7H,8-9H2,1-4H3;1H. The van der Waals surface area contributed by atoms with Crippen molar-refractivity contribution >= 4 is 45.0 Å². The molecule has 0 saturated heterocycles. The summed E-state index contributed by atoms with van der Waals surface area (Å²) in [6.45, 7) is 3.00. The number of halogens is 1. The van der Waals surface area contributed by atoms with Gasteiger partial charge in [-0.05, 0) is 26.2 Å². The SMILES string of the molecule is COc1cccc2sc(N(CCN(C)C)C(C)=O)nc12.Cl. The summed E-state index contributed by atoms with van der Waals surface area (Å²) in [7, 11) is 5.60. The third-order valence-electron chi connectivity index (χ3n) is 2.97. The molecule has 0 unspecified atom stereocenters. The van der Waals surface area contributed by atoms with Gasteiger partial charge in [0, 0.05) is 20.0 Å². The molecular formula is C14H20ClN3O2S. The summed E-state index contributed by atoms with van der Waals surface area (Å²) < 4.78 is 6.34. The van der Waals surface area contributed by atoms with Crippen molar-refractivity contribution in [3.05, 3.63) is 18.2 Å². The Kier molecular flexibility index (Phi) is 6.39. The second-order valence-electron chi connectivity index (χ2n) is 4.78. The van der Waals surface area contributed by atoms with E-state index in [2.05, 4.69) is 4.98 Å². The first kappa shape index (κ1) is 17.7. The molecule has 21 heavy (non-hydrogen) atoms. The largest absolute Gasteiger partial charge is 0.494 e. The molecule has 0 aliphatic carbocycles. The molecule has 0 aliphatic rings. The van der Waals surface area contributed by atoms with Gasteiger partial charge in [-0.15, -0.1) is 12.4 Å². The van der Waals surface area contributed by atoms with E-state index < -0.39 is 0 Å². The maximum atomic E-state index is 11.8. The fourth-order valence-electron chi connectivity index (χ4n) is 1.88. The molecule has 0 N–H and O–H groups in total. The number of hydrogen-bond acceptors (Lipinski definition) is 5. The van der Waals surface area contributed by atoms with Crippen LogP contribution in [-0.4, -0.2) is 50.1 Å². The minimum atomic E-state index is 0. The molecule has 0 aliphatic heterocycles. The number of rotatable bonds is 5. The number of benzene rings is 1. The normalized spacial score (nSPS) is 10.5. The van der Waals surface area contributed by atoms with Crippen molar-refractivity contribution in [2.45, 2.75) is 6.92 Å². The average Bonchev–Trinajstić information content (AvgIpc) is 2.81. The highest BCUT2D eigenvalue weighted by molar-refractivity contribution is 7.22. The smallest absolute Gasteiger partial charge is 0.225 e. The molecule has 0 spiro atoms.